The van der Waals surface area contributed by atoms with Crippen molar-refractivity contribution in [2.75, 3.05) is 13.1 Å². The van der Waals surface area contributed by atoms with Crippen LogP contribution >= 0.6 is 0 Å². The Balaban J connectivity index is 2.07. The lowest BCUT2D eigenvalue weighted by Crippen LogP contribution is -2.60. The smallest absolute Gasteiger partial charge is 0.245 e. The van der Waals surface area contributed by atoms with E-state index >= 15 is 0 Å². The molecule has 0 aliphatic carbocycles. The third kappa shape index (κ3) is 3.01. The van der Waals surface area contributed by atoms with Gasteiger partial charge in [-0.25, -0.2) is 8.42 Å². The maximum Gasteiger partial charge on any atom is 0.245 e. The number of hydrogen-bond acceptors (Lipinski definition) is 4. The molecule has 6 nitrogen and oxygen atoms in total. The maximum atomic E-state index is 13.1. The van der Waals surface area contributed by atoms with Crippen LogP contribution in [0.5, 0.6) is 0 Å². The summed E-state index contributed by atoms with van der Waals surface area (Å²) in [4.78, 5) is 16.2. The average Bonchev–Trinajstić information content (AvgIpc) is 2.53. The molecule has 1 amide bonds. The molecular weight excluding hydrogens is 326 g/mol. The zero-order valence-corrected chi connectivity index (χ0v) is 14.8. The summed E-state index contributed by atoms with van der Waals surface area (Å²) in [6.45, 7) is 6.04. The first-order valence-electron chi connectivity index (χ1n) is 7.83. The van der Waals surface area contributed by atoms with Gasteiger partial charge < -0.3 is 5.32 Å². The molecule has 2 aromatic rings. The molecule has 1 aromatic carbocycles. The first kappa shape index (κ1) is 16.9. The van der Waals surface area contributed by atoms with E-state index in [9.17, 15) is 13.2 Å². The number of para-hydroxylation sites is 1. The van der Waals surface area contributed by atoms with E-state index in [-0.39, 0.29) is 28.8 Å². The SMILES string of the molecule is CC(C)(C)[C@@H]1CNC(=O)CN1S(=O)(=O)c1cnc2ccccc2c1. The largest absolute Gasteiger partial charge is 0.353 e. The minimum atomic E-state index is -3.81. The lowest BCUT2D eigenvalue weighted by Gasteiger charge is -2.41. The molecule has 1 saturated heterocycles. The number of nitrogens with one attached hydrogen (secondary N) is 1. The molecule has 1 fully saturated rings. The molecule has 0 radical (unpaired) electrons. The average molecular weight is 347 g/mol. The highest BCUT2D eigenvalue weighted by molar-refractivity contribution is 7.89. The maximum absolute atomic E-state index is 13.1. The Labute approximate surface area is 141 Å². The Hall–Kier alpha value is -1.99. The number of carbonyl (C=O) groups is 1. The number of fused-ring (bicyclic) bond motifs is 1. The molecule has 128 valence electrons. The summed E-state index contributed by atoms with van der Waals surface area (Å²) in [7, 11) is -3.81. The van der Waals surface area contributed by atoms with Crippen LogP contribution in [0, 0.1) is 5.41 Å². The number of pyridine rings is 1. The standard InChI is InChI=1S/C17H21N3O3S/c1-17(2,3)15-10-19-16(21)11-20(15)24(22,23)13-8-12-6-4-5-7-14(12)18-9-13/h4-9,15H,10-11H2,1-3H3,(H,19,21)/t15-/m0/s1. The summed E-state index contributed by atoms with van der Waals surface area (Å²) >= 11 is 0. The van der Waals surface area contributed by atoms with Gasteiger partial charge in [0.25, 0.3) is 0 Å². The van der Waals surface area contributed by atoms with E-state index < -0.39 is 10.0 Å². The van der Waals surface area contributed by atoms with E-state index in [1.54, 1.807) is 6.07 Å². The van der Waals surface area contributed by atoms with Crippen molar-refractivity contribution < 1.29 is 13.2 Å². The Kier molecular flexibility index (Phi) is 4.09. The van der Waals surface area contributed by atoms with Crippen molar-refractivity contribution in [3.05, 3.63) is 36.5 Å². The summed E-state index contributed by atoms with van der Waals surface area (Å²) in [6, 6.07) is 8.65. The minimum Gasteiger partial charge on any atom is -0.353 e. The first-order valence-corrected chi connectivity index (χ1v) is 9.27. The molecule has 1 aliphatic rings. The van der Waals surface area contributed by atoms with Crippen molar-refractivity contribution in [1.29, 1.82) is 0 Å². The summed E-state index contributed by atoms with van der Waals surface area (Å²) in [5, 5.41) is 3.52. The molecule has 1 aliphatic heterocycles. The molecule has 1 N–H and O–H groups in total. The lowest BCUT2D eigenvalue weighted by atomic mass is 9.86. The van der Waals surface area contributed by atoms with Gasteiger partial charge in [0.15, 0.2) is 0 Å². The fourth-order valence-electron chi connectivity index (χ4n) is 2.94. The first-order chi connectivity index (χ1) is 11.2. The second-order valence-electron chi connectivity index (χ2n) is 7.10. The Bertz CT molecular complexity index is 887. The second-order valence-corrected chi connectivity index (χ2v) is 8.99. The summed E-state index contributed by atoms with van der Waals surface area (Å²) in [5.41, 5.74) is 0.436. The highest BCUT2D eigenvalue weighted by Gasteiger charge is 2.42. The van der Waals surface area contributed by atoms with Crippen LogP contribution in [0.2, 0.25) is 0 Å². The molecule has 0 spiro atoms. The Morgan fingerprint density at radius 2 is 1.96 bits per heavy atom. The van der Waals surface area contributed by atoms with Crippen LogP contribution < -0.4 is 5.32 Å². The van der Waals surface area contributed by atoms with Crippen LogP contribution in [-0.2, 0) is 14.8 Å². The van der Waals surface area contributed by atoms with Crippen molar-refractivity contribution in [3.63, 3.8) is 0 Å². The Morgan fingerprint density at radius 1 is 1.25 bits per heavy atom. The number of sulfonamides is 1. The molecule has 0 unspecified atom stereocenters. The number of carbonyl (C=O) groups excluding carboxylic acids is 1. The molecule has 0 bridgehead atoms. The topological polar surface area (TPSA) is 79.4 Å². The van der Waals surface area contributed by atoms with Crippen molar-refractivity contribution in [1.82, 2.24) is 14.6 Å². The van der Waals surface area contributed by atoms with Gasteiger partial charge >= 0.3 is 0 Å². The number of nitrogens with zero attached hydrogens (tertiary/aromatic N) is 2. The number of aromatic nitrogens is 1. The van der Waals surface area contributed by atoms with E-state index in [2.05, 4.69) is 10.3 Å². The number of amides is 1. The van der Waals surface area contributed by atoms with Gasteiger partial charge in [-0.15, -0.1) is 0 Å². The summed E-state index contributed by atoms with van der Waals surface area (Å²) in [5.74, 6) is -0.284. The molecule has 1 aromatic heterocycles. The van der Waals surface area contributed by atoms with Gasteiger partial charge in [0, 0.05) is 24.2 Å². The van der Waals surface area contributed by atoms with Crippen LogP contribution in [-0.4, -0.2) is 42.7 Å². The molecule has 0 saturated carbocycles. The van der Waals surface area contributed by atoms with Gasteiger partial charge in [0.05, 0.1) is 12.1 Å². The summed E-state index contributed by atoms with van der Waals surface area (Å²) < 4.78 is 27.6. The van der Waals surface area contributed by atoms with Gasteiger partial charge in [0.2, 0.25) is 15.9 Å². The zero-order valence-electron chi connectivity index (χ0n) is 14.0. The summed E-state index contributed by atoms with van der Waals surface area (Å²) in [6.07, 6.45) is 1.36. The van der Waals surface area contributed by atoms with Crippen molar-refractivity contribution >= 4 is 26.8 Å². The van der Waals surface area contributed by atoms with Gasteiger partial charge in [-0.2, -0.15) is 4.31 Å². The number of hydrogen-bond donors (Lipinski definition) is 1. The number of piperazine rings is 1. The zero-order chi connectivity index (χ0) is 17.5. The highest BCUT2D eigenvalue weighted by Crippen LogP contribution is 2.30. The van der Waals surface area contributed by atoms with E-state index in [1.165, 1.54) is 10.5 Å². The van der Waals surface area contributed by atoms with Crippen molar-refractivity contribution in [3.8, 4) is 0 Å². The minimum absolute atomic E-state index is 0.116. The molecule has 2 heterocycles. The van der Waals surface area contributed by atoms with Crippen LogP contribution in [0.4, 0.5) is 0 Å². The monoisotopic (exact) mass is 347 g/mol. The van der Waals surface area contributed by atoms with Crippen LogP contribution in [0.25, 0.3) is 10.9 Å². The molecular formula is C17H21N3O3S. The lowest BCUT2D eigenvalue weighted by molar-refractivity contribution is -0.124. The van der Waals surface area contributed by atoms with Crippen molar-refractivity contribution in [2.24, 2.45) is 5.41 Å². The fourth-order valence-corrected chi connectivity index (χ4v) is 4.68. The van der Waals surface area contributed by atoms with E-state index in [4.69, 9.17) is 0 Å². The highest BCUT2D eigenvalue weighted by atomic mass is 32.2. The molecule has 24 heavy (non-hydrogen) atoms. The Morgan fingerprint density at radius 3 is 2.67 bits per heavy atom. The third-order valence-corrected chi connectivity index (χ3v) is 6.13. The van der Waals surface area contributed by atoms with Crippen LogP contribution in [0.1, 0.15) is 20.8 Å². The predicted molar refractivity (Wildman–Crippen MR) is 91.9 cm³/mol. The van der Waals surface area contributed by atoms with E-state index in [0.29, 0.717) is 6.54 Å². The predicted octanol–water partition coefficient (Wildman–Crippen LogP) is 1.77. The molecule has 3 rings (SSSR count). The van der Waals surface area contributed by atoms with Crippen molar-refractivity contribution in [2.45, 2.75) is 31.7 Å². The fraction of sp³-hybridized carbons (Fsp3) is 0.412. The third-order valence-electron chi connectivity index (χ3n) is 4.31. The van der Waals surface area contributed by atoms with Crippen LogP contribution in [0.15, 0.2) is 41.4 Å². The second kappa shape index (κ2) is 5.82. The number of benzene rings is 1. The van der Waals surface area contributed by atoms with Gasteiger partial charge in [-0.1, -0.05) is 39.0 Å². The van der Waals surface area contributed by atoms with Crippen LogP contribution in [0.3, 0.4) is 0 Å². The van der Waals surface area contributed by atoms with Gasteiger partial charge in [-0.05, 0) is 17.5 Å². The van der Waals surface area contributed by atoms with E-state index in [1.807, 2.05) is 45.0 Å². The molecule has 1 atom stereocenters. The molecule has 7 heteroatoms. The quantitative estimate of drug-likeness (QED) is 0.898. The van der Waals surface area contributed by atoms with Gasteiger partial charge in [0.1, 0.15) is 4.90 Å². The van der Waals surface area contributed by atoms with Gasteiger partial charge in [-0.3, -0.25) is 9.78 Å². The van der Waals surface area contributed by atoms with E-state index in [0.717, 1.165) is 10.9 Å². The number of rotatable bonds is 2. The normalized spacial score (nSPS) is 20.1.